The van der Waals surface area contributed by atoms with Crippen LogP contribution in [0.5, 0.6) is 0 Å². The molecule has 2 rings (SSSR count). The van der Waals surface area contributed by atoms with Crippen molar-refractivity contribution in [1.82, 2.24) is 20.4 Å². The molecule has 0 spiro atoms. The van der Waals surface area contributed by atoms with Crippen LogP contribution in [0, 0.1) is 0 Å². The first-order valence-electron chi connectivity index (χ1n) is 6.61. The van der Waals surface area contributed by atoms with Gasteiger partial charge in [-0.05, 0) is 26.9 Å². The zero-order chi connectivity index (χ0) is 12.3. The highest BCUT2D eigenvalue weighted by Crippen LogP contribution is 2.05. The smallest absolute Gasteiger partial charge is 0.241 e. The molecule has 0 radical (unpaired) electrons. The Morgan fingerprint density at radius 1 is 1.12 bits per heavy atom. The van der Waals surface area contributed by atoms with Crippen molar-refractivity contribution in [3.8, 4) is 0 Å². The molecule has 5 nitrogen and oxygen atoms in total. The topological polar surface area (TPSA) is 47.6 Å². The zero-order valence-electron chi connectivity index (χ0n) is 10.9. The van der Waals surface area contributed by atoms with Crippen LogP contribution in [0.4, 0.5) is 0 Å². The van der Waals surface area contributed by atoms with E-state index < -0.39 is 0 Å². The van der Waals surface area contributed by atoms with Crippen LogP contribution in [-0.4, -0.2) is 74.1 Å². The Bertz CT molecular complexity index is 263. The van der Waals surface area contributed by atoms with Crippen LogP contribution in [-0.2, 0) is 4.79 Å². The molecule has 98 valence electrons. The maximum Gasteiger partial charge on any atom is 0.241 e. The predicted molar refractivity (Wildman–Crippen MR) is 67.9 cm³/mol. The number of nitrogens with zero attached hydrogens (tertiary/aromatic N) is 2. The average Bonchev–Trinajstić information content (AvgIpc) is 2.54. The molecule has 0 aliphatic carbocycles. The number of piperazine rings is 1. The van der Waals surface area contributed by atoms with E-state index >= 15 is 0 Å². The summed E-state index contributed by atoms with van der Waals surface area (Å²) < 4.78 is 0. The van der Waals surface area contributed by atoms with Gasteiger partial charge in [-0.2, -0.15) is 0 Å². The number of nitrogens with one attached hydrogen (secondary N) is 2. The first kappa shape index (κ1) is 12.8. The van der Waals surface area contributed by atoms with E-state index in [0.717, 1.165) is 45.7 Å². The van der Waals surface area contributed by atoms with Crippen molar-refractivity contribution in [1.29, 1.82) is 0 Å². The lowest BCUT2D eigenvalue weighted by molar-refractivity contribution is -0.133. The Hall–Kier alpha value is -0.650. The summed E-state index contributed by atoms with van der Waals surface area (Å²) in [7, 11) is 2.12. The molecular weight excluding hydrogens is 216 g/mol. The van der Waals surface area contributed by atoms with Crippen molar-refractivity contribution in [3.05, 3.63) is 0 Å². The Morgan fingerprint density at radius 2 is 1.94 bits per heavy atom. The maximum atomic E-state index is 12.3. The van der Waals surface area contributed by atoms with E-state index in [1.807, 2.05) is 4.90 Å². The molecule has 2 N–H and O–H groups in total. The van der Waals surface area contributed by atoms with Crippen molar-refractivity contribution >= 4 is 5.91 Å². The summed E-state index contributed by atoms with van der Waals surface area (Å²) in [5.74, 6) is 0.264. The van der Waals surface area contributed by atoms with Crippen LogP contribution in [0.15, 0.2) is 0 Å². The Labute approximate surface area is 104 Å². The predicted octanol–water partition coefficient (Wildman–Crippen LogP) is -0.900. The summed E-state index contributed by atoms with van der Waals surface area (Å²) in [5, 5.41) is 6.69. The monoisotopic (exact) mass is 240 g/mol. The maximum absolute atomic E-state index is 12.3. The number of amides is 1. The second kappa shape index (κ2) is 5.80. The number of carbonyl (C=O) groups is 1. The summed E-state index contributed by atoms with van der Waals surface area (Å²) in [6.45, 7) is 7.62. The van der Waals surface area contributed by atoms with Gasteiger partial charge < -0.3 is 20.4 Å². The normalized spacial score (nSPS) is 32.2. The molecule has 0 aromatic rings. The first-order chi connectivity index (χ1) is 8.16. The van der Waals surface area contributed by atoms with Gasteiger partial charge in [-0.3, -0.25) is 4.79 Å². The molecular formula is C12H24N4O. The summed E-state index contributed by atoms with van der Waals surface area (Å²) in [6.07, 6.45) is 1.08. The first-order valence-corrected chi connectivity index (χ1v) is 6.61. The van der Waals surface area contributed by atoms with Crippen LogP contribution in [0.3, 0.4) is 0 Å². The third kappa shape index (κ3) is 3.40. The van der Waals surface area contributed by atoms with Gasteiger partial charge in [0.15, 0.2) is 0 Å². The molecule has 5 heteroatoms. The lowest BCUT2D eigenvalue weighted by Gasteiger charge is -2.32. The van der Waals surface area contributed by atoms with Crippen molar-refractivity contribution in [2.75, 3.05) is 46.3 Å². The van der Waals surface area contributed by atoms with Gasteiger partial charge in [0.1, 0.15) is 0 Å². The molecule has 2 saturated heterocycles. The quantitative estimate of drug-likeness (QED) is 0.624. The van der Waals surface area contributed by atoms with E-state index in [1.54, 1.807) is 0 Å². The fourth-order valence-electron chi connectivity index (χ4n) is 2.44. The number of likely N-dealkylation sites (N-methyl/N-ethyl adjacent to an activating group) is 1. The second-order valence-corrected chi connectivity index (χ2v) is 5.25. The fraction of sp³-hybridized carbons (Fsp3) is 0.917. The van der Waals surface area contributed by atoms with E-state index in [0.29, 0.717) is 6.04 Å². The van der Waals surface area contributed by atoms with Crippen LogP contribution < -0.4 is 10.6 Å². The minimum absolute atomic E-state index is 0.0328. The average molecular weight is 240 g/mol. The van der Waals surface area contributed by atoms with Gasteiger partial charge in [-0.15, -0.1) is 0 Å². The Balaban J connectivity index is 1.86. The lowest BCUT2D eigenvalue weighted by Crippen LogP contribution is -2.59. The SMILES string of the molecule is CC1CNC(C(=O)N2CCCN(C)CC2)CN1. The van der Waals surface area contributed by atoms with Gasteiger partial charge in [-0.25, -0.2) is 0 Å². The van der Waals surface area contributed by atoms with Gasteiger partial charge in [0.2, 0.25) is 5.91 Å². The van der Waals surface area contributed by atoms with E-state index in [1.165, 1.54) is 0 Å². The molecule has 2 fully saturated rings. The van der Waals surface area contributed by atoms with E-state index in [4.69, 9.17) is 0 Å². The highest BCUT2D eigenvalue weighted by molar-refractivity contribution is 5.82. The summed E-state index contributed by atoms with van der Waals surface area (Å²) in [6, 6.07) is 0.434. The van der Waals surface area contributed by atoms with Crippen LogP contribution in [0.25, 0.3) is 0 Å². The van der Waals surface area contributed by atoms with Gasteiger partial charge >= 0.3 is 0 Å². The molecule has 2 aliphatic rings. The van der Waals surface area contributed by atoms with Gasteiger partial charge in [-0.1, -0.05) is 0 Å². The Kier molecular flexibility index (Phi) is 4.36. The van der Waals surface area contributed by atoms with Crippen molar-refractivity contribution < 1.29 is 4.79 Å². The van der Waals surface area contributed by atoms with Crippen LogP contribution in [0.1, 0.15) is 13.3 Å². The minimum atomic E-state index is -0.0328. The second-order valence-electron chi connectivity index (χ2n) is 5.25. The molecule has 0 bridgehead atoms. The number of carbonyl (C=O) groups excluding carboxylic acids is 1. The molecule has 17 heavy (non-hydrogen) atoms. The van der Waals surface area contributed by atoms with Crippen molar-refractivity contribution in [2.24, 2.45) is 0 Å². The molecule has 1 amide bonds. The highest BCUT2D eigenvalue weighted by Gasteiger charge is 2.28. The standard InChI is InChI=1S/C12H24N4O/c1-10-8-14-11(9-13-10)12(17)16-5-3-4-15(2)6-7-16/h10-11,13-14H,3-9H2,1-2H3. The van der Waals surface area contributed by atoms with Crippen molar-refractivity contribution in [3.63, 3.8) is 0 Å². The molecule has 0 aromatic carbocycles. The molecule has 2 atom stereocenters. The summed E-state index contributed by atoms with van der Waals surface area (Å²) in [4.78, 5) is 16.6. The number of hydrogen-bond donors (Lipinski definition) is 2. The third-order valence-electron chi connectivity index (χ3n) is 3.67. The number of hydrogen-bond acceptors (Lipinski definition) is 4. The van der Waals surface area contributed by atoms with E-state index in [-0.39, 0.29) is 11.9 Å². The summed E-state index contributed by atoms with van der Waals surface area (Å²) in [5.41, 5.74) is 0. The van der Waals surface area contributed by atoms with Crippen molar-refractivity contribution in [2.45, 2.75) is 25.4 Å². The fourth-order valence-corrected chi connectivity index (χ4v) is 2.44. The molecule has 0 aromatic heterocycles. The zero-order valence-corrected chi connectivity index (χ0v) is 10.9. The number of rotatable bonds is 1. The van der Waals surface area contributed by atoms with Gasteiger partial charge in [0.25, 0.3) is 0 Å². The third-order valence-corrected chi connectivity index (χ3v) is 3.67. The van der Waals surface area contributed by atoms with E-state index in [9.17, 15) is 4.79 Å². The van der Waals surface area contributed by atoms with Crippen LogP contribution in [0.2, 0.25) is 0 Å². The summed E-state index contributed by atoms with van der Waals surface area (Å²) >= 11 is 0. The van der Waals surface area contributed by atoms with E-state index in [2.05, 4.69) is 29.5 Å². The molecule has 2 aliphatic heterocycles. The Morgan fingerprint density at radius 3 is 2.65 bits per heavy atom. The highest BCUT2D eigenvalue weighted by atomic mass is 16.2. The molecule has 0 saturated carbocycles. The van der Waals surface area contributed by atoms with Gasteiger partial charge in [0.05, 0.1) is 6.04 Å². The minimum Gasteiger partial charge on any atom is -0.340 e. The molecule has 2 unspecified atom stereocenters. The lowest BCUT2D eigenvalue weighted by atomic mass is 10.1. The van der Waals surface area contributed by atoms with Gasteiger partial charge in [0, 0.05) is 38.8 Å². The largest absolute Gasteiger partial charge is 0.340 e. The molecule has 2 heterocycles. The van der Waals surface area contributed by atoms with Crippen LogP contribution >= 0.6 is 0 Å².